The second-order valence-corrected chi connectivity index (χ2v) is 4.93. The van der Waals surface area contributed by atoms with Crippen LogP contribution in [0.2, 0.25) is 5.02 Å². The average Bonchev–Trinajstić information content (AvgIpc) is 2.35. The maximum Gasteiger partial charge on any atom is 0.196 e. The number of halogens is 3. The highest BCUT2D eigenvalue weighted by Gasteiger charge is 2.16. The maximum atomic E-state index is 13.8. The Balaban J connectivity index is 2.48. The van der Waals surface area contributed by atoms with Crippen LogP contribution in [0.5, 0.6) is 0 Å². The fourth-order valence-electron chi connectivity index (χ4n) is 1.52. The third-order valence-electron chi connectivity index (χ3n) is 2.45. The van der Waals surface area contributed by atoms with Crippen molar-refractivity contribution in [2.75, 3.05) is 5.73 Å². The van der Waals surface area contributed by atoms with Gasteiger partial charge in [0.15, 0.2) is 5.78 Å². The van der Waals surface area contributed by atoms with E-state index in [0.29, 0.717) is 10.6 Å². The number of ketones is 1. The number of nitrogens with two attached hydrogens (primary N) is 1. The number of rotatable bonds is 2. The van der Waals surface area contributed by atoms with Gasteiger partial charge in [0.25, 0.3) is 0 Å². The second kappa shape index (κ2) is 5.08. The molecule has 0 aliphatic heterocycles. The van der Waals surface area contributed by atoms with Crippen LogP contribution in [0.25, 0.3) is 0 Å². The van der Waals surface area contributed by atoms with Gasteiger partial charge in [-0.15, -0.1) is 0 Å². The van der Waals surface area contributed by atoms with Gasteiger partial charge in [0.2, 0.25) is 0 Å². The summed E-state index contributed by atoms with van der Waals surface area (Å²) < 4.78 is 14.0. The Labute approximate surface area is 117 Å². The van der Waals surface area contributed by atoms with E-state index >= 15 is 0 Å². The summed E-state index contributed by atoms with van der Waals surface area (Å²) in [5, 5.41) is 0.362. The zero-order valence-corrected chi connectivity index (χ0v) is 11.4. The van der Waals surface area contributed by atoms with Crippen LogP contribution in [0.4, 0.5) is 10.1 Å². The zero-order valence-electron chi connectivity index (χ0n) is 9.08. The zero-order chi connectivity index (χ0) is 13.3. The van der Waals surface area contributed by atoms with Crippen molar-refractivity contribution < 1.29 is 9.18 Å². The SMILES string of the molecule is Nc1cc(C(=O)c2cccc(Br)c2F)ccc1Cl. The molecule has 0 heterocycles. The van der Waals surface area contributed by atoms with E-state index in [1.54, 1.807) is 6.07 Å². The minimum absolute atomic E-state index is 0.00824. The first-order valence-corrected chi connectivity index (χ1v) is 6.21. The molecule has 0 aromatic heterocycles. The summed E-state index contributed by atoms with van der Waals surface area (Å²) in [5.41, 5.74) is 6.20. The van der Waals surface area contributed by atoms with Crippen molar-refractivity contribution in [2.45, 2.75) is 0 Å². The van der Waals surface area contributed by atoms with E-state index in [2.05, 4.69) is 15.9 Å². The highest BCUT2D eigenvalue weighted by atomic mass is 79.9. The first kappa shape index (κ1) is 13.1. The van der Waals surface area contributed by atoms with Crippen molar-refractivity contribution in [1.82, 2.24) is 0 Å². The molecule has 92 valence electrons. The van der Waals surface area contributed by atoms with Gasteiger partial charge in [-0.3, -0.25) is 4.79 Å². The number of carbonyl (C=O) groups excluding carboxylic acids is 1. The van der Waals surface area contributed by atoms with Crippen LogP contribution < -0.4 is 5.73 Å². The van der Waals surface area contributed by atoms with Crippen LogP contribution >= 0.6 is 27.5 Å². The molecule has 2 aromatic rings. The molecule has 0 radical (unpaired) electrons. The number of carbonyl (C=O) groups is 1. The lowest BCUT2D eigenvalue weighted by Crippen LogP contribution is -2.05. The van der Waals surface area contributed by atoms with E-state index in [0.717, 1.165) is 0 Å². The van der Waals surface area contributed by atoms with Crippen molar-refractivity contribution in [3.05, 3.63) is 62.8 Å². The molecule has 18 heavy (non-hydrogen) atoms. The molecule has 0 saturated heterocycles. The number of hydrogen-bond donors (Lipinski definition) is 1. The maximum absolute atomic E-state index is 13.8. The molecule has 2 N–H and O–H groups in total. The van der Waals surface area contributed by atoms with Gasteiger partial charge in [-0.25, -0.2) is 4.39 Å². The lowest BCUT2D eigenvalue weighted by molar-refractivity contribution is 0.103. The Morgan fingerprint density at radius 3 is 2.67 bits per heavy atom. The molecule has 5 heteroatoms. The molecule has 0 aliphatic carbocycles. The van der Waals surface area contributed by atoms with Crippen LogP contribution in [-0.4, -0.2) is 5.78 Å². The third-order valence-corrected chi connectivity index (χ3v) is 3.41. The predicted molar refractivity (Wildman–Crippen MR) is 73.4 cm³/mol. The van der Waals surface area contributed by atoms with E-state index in [-0.39, 0.29) is 15.7 Å². The second-order valence-electron chi connectivity index (χ2n) is 3.67. The van der Waals surface area contributed by atoms with Crippen molar-refractivity contribution in [2.24, 2.45) is 0 Å². The molecule has 0 atom stereocenters. The van der Waals surface area contributed by atoms with Gasteiger partial charge in [0.05, 0.1) is 20.7 Å². The van der Waals surface area contributed by atoms with E-state index in [4.69, 9.17) is 17.3 Å². The molecule has 0 unspecified atom stereocenters. The Morgan fingerprint density at radius 2 is 2.00 bits per heavy atom. The van der Waals surface area contributed by atoms with E-state index < -0.39 is 11.6 Å². The lowest BCUT2D eigenvalue weighted by atomic mass is 10.0. The number of benzene rings is 2. The highest BCUT2D eigenvalue weighted by molar-refractivity contribution is 9.10. The Kier molecular flexibility index (Phi) is 3.68. The predicted octanol–water partition coefficient (Wildman–Crippen LogP) is 4.05. The van der Waals surface area contributed by atoms with Crippen molar-refractivity contribution in [3.63, 3.8) is 0 Å². The highest BCUT2D eigenvalue weighted by Crippen LogP contribution is 2.24. The van der Waals surface area contributed by atoms with Gasteiger partial charge in [-0.2, -0.15) is 0 Å². The molecule has 2 nitrogen and oxygen atoms in total. The summed E-state index contributed by atoms with van der Waals surface area (Å²) in [6.45, 7) is 0. The van der Waals surface area contributed by atoms with Gasteiger partial charge in [0, 0.05) is 5.56 Å². The van der Waals surface area contributed by atoms with Crippen LogP contribution in [0, 0.1) is 5.82 Å². The molecule has 0 fully saturated rings. The lowest BCUT2D eigenvalue weighted by Gasteiger charge is -2.05. The summed E-state index contributed by atoms with van der Waals surface area (Å²) in [6, 6.07) is 9.02. The summed E-state index contributed by atoms with van der Waals surface area (Å²) in [7, 11) is 0. The fraction of sp³-hybridized carbons (Fsp3) is 0. The Hall–Kier alpha value is -1.39. The first-order chi connectivity index (χ1) is 8.50. The van der Waals surface area contributed by atoms with Gasteiger partial charge >= 0.3 is 0 Å². The monoisotopic (exact) mass is 327 g/mol. The number of nitrogen functional groups attached to an aromatic ring is 1. The number of hydrogen-bond acceptors (Lipinski definition) is 2. The van der Waals surface area contributed by atoms with E-state index in [1.807, 2.05) is 0 Å². The topological polar surface area (TPSA) is 43.1 Å². The van der Waals surface area contributed by atoms with Crippen LogP contribution in [0.15, 0.2) is 40.9 Å². The normalized spacial score (nSPS) is 10.4. The van der Waals surface area contributed by atoms with Gasteiger partial charge in [-0.05, 0) is 46.3 Å². The van der Waals surface area contributed by atoms with Crippen molar-refractivity contribution in [3.8, 4) is 0 Å². The summed E-state index contributed by atoms with van der Waals surface area (Å²) in [5.74, 6) is -1.02. The van der Waals surface area contributed by atoms with Gasteiger partial charge in [0.1, 0.15) is 5.82 Å². The minimum atomic E-state index is -0.587. The fourth-order valence-corrected chi connectivity index (χ4v) is 2.00. The molecular weight excluding hydrogens is 321 g/mol. The van der Waals surface area contributed by atoms with Crippen LogP contribution in [-0.2, 0) is 0 Å². The smallest absolute Gasteiger partial charge is 0.196 e. The average molecular weight is 329 g/mol. The number of anilines is 1. The quantitative estimate of drug-likeness (QED) is 0.667. The first-order valence-electron chi connectivity index (χ1n) is 5.04. The van der Waals surface area contributed by atoms with Crippen molar-refractivity contribution in [1.29, 1.82) is 0 Å². The minimum Gasteiger partial charge on any atom is -0.398 e. The summed E-state index contributed by atoms with van der Waals surface area (Å²) >= 11 is 8.81. The molecular formula is C13H8BrClFNO. The van der Waals surface area contributed by atoms with Crippen LogP contribution in [0.3, 0.4) is 0 Å². The molecule has 2 rings (SSSR count). The molecule has 0 spiro atoms. The molecule has 0 aliphatic rings. The largest absolute Gasteiger partial charge is 0.398 e. The molecule has 0 amide bonds. The van der Waals surface area contributed by atoms with Crippen LogP contribution in [0.1, 0.15) is 15.9 Å². The Morgan fingerprint density at radius 1 is 1.28 bits per heavy atom. The summed E-state index contributed by atoms with van der Waals surface area (Å²) in [6.07, 6.45) is 0. The third kappa shape index (κ3) is 2.40. The van der Waals surface area contributed by atoms with E-state index in [9.17, 15) is 9.18 Å². The standard InChI is InChI=1S/C13H8BrClFNO/c14-9-3-1-2-8(12(9)16)13(18)7-4-5-10(15)11(17)6-7/h1-6H,17H2. The Bertz CT molecular complexity index is 630. The van der Waals surface area contributed by atoms with Gasteiger partial charge < -0.3 is 5.73 Å². The van der Waals surface area contributed by atoms with Crippen molar-refractivity contribution >= 4 is 39.0 Å². The molecule has 2 aromatic carbocycles. The van der Waals surface area contributed by atoms with Gasteiger partial charge in [-0.1, -0.05) is 17.7 Å². The van der Waals surface area contributed by atoms with E-state index in [1.165, 1.54) is 30.3 Å². The molecule has 0 bridgehead atoms. The molecule has 0 saturated carbocycles. The summed E-state index contributed by atoms with van der Waals surface area (Å²) in [4.78, 5) is 12.1.